The van der Waals surface area contributed by atoms with E-state index in [1.165, 1.54) is 4.90 Å². The van der Waals surface area contributed by atoms with Gasteiger partial charge in [-0.3, -0.25) is 4.79 Å². The minimum absolute atomic E-state index is 0.291. The van der Waals surface area contributed by atoms with Crippen molar-refractivity contribution < 1.29 is 23.8 Å². The summed E-state index contributed by atoms with van der Waals surface area (Å²) in [6, 6.07) is 9.89. The first-order chi connectivity index (χ1) is 12.9. The first-order valence-corrected chi connectivity index (χ1v) is 8.94. The maximum Gasteiger partial charge on any atom is 0.338 e. The van der Waals surface area contributed by atoms with Gasteiger partial charge in [-0.2, -0.15) is 0 Å². The van der Waals surface area contributed by atoms with Crippen LogP contribution in [0.4, 0.5) is 0 Å². The predicted octanol–water partition coefficient (Wildman–Crippen LogP) is 3.58. The molecule has 1 heterocycles. The molecule has 0 saturated carbocycles. The number of hydrogen-bond acceptors (Lipinski definition) is 5. The number of hydrogen-bond donors (Lipinski definition) is 0. The summed E-state index contributed by atoms with van der Waals surface area (Å²) in [6.07, 6.45) is 0. The SMILES string of the molecule is CN(Cc1ccc(Cl)c(Cl)c1)C(=O)COC(=O)c1ccc2c(c1)OCCO2. The average Bonchev–Trinajstić information content (AvgIpc) is 2.68. The van der Waals surface area contributed by atoms with Crippen molar-refractivity contribution in [2.24, 2.45) is 0 Å². The number of carbonyl (C=O) groups excluding carboxylic acids is 2. The fourth-order valence-electron chi connectivity index (χ4n) is 2.49. The molecule has 0 radical (unpaired) electrons. The summed E-state index contributed by atoms with van der Waals surface area (Å²) in [4.78, 5) is 25.8. The molecule has 0 fully saturated rings. The number of carbonyl (C=O) groups is 2. The van der Waals surface area contributed by atoms with Gasteiger partial charge in [0.2, 0.25) is 0 Å². The molecule has 0 saturated heterocycles. The summed E-state index contributed by atoms with van der Waals surface area (Å²) in [5, 5.41) is 0.864. The fraction of sp³-hybridized carbons (Fsp3) is 0.263. The van der Waals surface area contributed by atoms with Gasteiger partial charge < -0.3 is 19.1 Å². The predicted molar refractivity (Wildman–Crippen MR) is 101 cm³/mol. The van der Waals surface area contributed by atoms with Crippen LogP contribution < -0.4 is 9.47 Å². The second-order valence-corrected chi connectivity index (χ2v) is 6.75. The standard InChI is InChI=1S/C19H17Cl2NO5/c1-22(10-12-2-4-14(20)15(21)8-12)18(23)11-27-19(24)13-3-5-16-17(9-13)26-7-6-25-16/h2-5,8-9H,6-7,10-11H2,1H3. The van der Waals surface area contributed by atoms with Gasteiger partial charge in [0, 0.05) is 13.6 Å². The molecule has 2 aromatic carbocycles. The highest BCUT2D eigenvalue weighted by atomic mass is 35.5. The lowest BCUT2D eigenvalue weighted by Crippen LogP contribution is -2.30. The van der Waals surface area contributed by atoms with E-state index in [0.29, 0.717) is 46.9 Å². The molecule has 0 unspecified atom stereocenters. The Balaban J connectivity index is 1.54. The van der Waals surface area contributed by atoms with Crippen LogP contribution in [0.15, 0.2) is 36.4 Å². The van der Waals surface area contributed by atoms with Gasteiger partial charge in [0.25, 0.3) is 5.91 Å². The molecule has 0 aromatic heterocycles. The summed E-state index contributed by atoms with van der Waals surface area (Å²) < 4.78 is 15.9. The van der Waals surface area contributed by atoms with Crippen LogP contribution in [-0.4, -0.2) is 43.6 Å². The minimum atomic E-state index is -0.608. The molecule has 0 bridgehead atoms. The summed E-state index contributed by atoms with van der Waals surface area (Å²) >= 11 is 11.9. The molecule has 0 spiro atoms. The highest BCUT2D eigenvalue weighted by Crippen LogP contribution is 2.31. The molecule has 6 nitrogen and oxygen atoms in total. The van der Waals surface area contributed by atoms with E-state index in [9.17, 15) is 9.59 Å². The van der Waals surface area contributed by atoms with E-state index >= 15 is 0 Å². The van der Waals surface area contributed by atoms with E-state index in [4.69, 9.17) is 37.4 Å². The molecule has 0 atom stereocenters. The number of rotatable bonds is 5. The van der Waals surface area contributed by atoms with Crippen molar-refractivity contribution >= 4 is 35.1 Å². The van der Waals surface area contributed by atoms with Crippen molar-refractivity contribution in [3.8, 4) is 11.5 Å². The van der Waals surface area contributed by atoms with Gasteiger partial charge in [0.05, 0.1) is 15.6 Å². The van der Waals surface area contributed by atoms with Crippen molar-refractivity contribution in [1.29, 1.82) is 0 Å². The Kier molecular flexibility index (Phi) is 6.08. The summed E-state index contributed by atoms with van der Waals surface area (Å²) in [7, 11) is 1.61. The summed E-state index contributed by atoms with van der Waals surface area (Å²) in [5.41, 5.74) is 1.11. The molecular formula is C19H17Cl2NO5. The van der Waals surface area contributed by atoms with E-state index in [0.717, 1.165) is 5.56 Å². The normalized spacial score (nSPS) is 12.4. The Morgan fingerprint density at radius 3 is 2.52 bits per heavy atom. The highest BCUT2D eigenvalue weighted by Gasteiger charge is 2.18. The van der Waals surface area contributed by atoms with Crippen LogP contribution in [0.3, 0.4) is 0 Å². The third-order valence-electron chi connectivity index (χ3n) is 3.93. The van der Waals surface area contributed by atoms with Gasteiger partial charge in [-0.15, -0.1) is 0 Å². The van der Waals surface area contributed by atoms with E-state index < -0.39 is 5.97 Å². The summed E-state index contributed by atoms with van der Waals surface area (Å²) in [5.74, 6) is 0.115. The average molecular weight is 410 g/mol. The summed E-state index contributed by atoms with van der Waals surface area (Å²) in [6.45, 7) is 0.836. The molecule has 1 aliphatic rings. The van der Waals surface area contributed by atoms with Crippen LogP contribution in [0.25, 0.3) is 0 Å². The van der Waals surface area contributed by atoms with Crippen LogP contribution in [-0.2, 0) is 16.1 Å². The molecule has 2 aromatic rings. The van der Waals surface area contributed by atoms with Crippen LogP contribution in [0.1, 0.15) is 15.9 Å². The number of ether oxygens (including phenoxy) is 3. The van der Waals surface area contributed by atoms with Gasteiger partial charge >= 0.3 is 5.97 Å². The Morgan fingerprint density at radius 1 is 1.04 bits per heavy atom. The molecule has 3 rings (SSSR count). The lowest BCUT2D eigenvalue weighted by atomic mass is 10.2. The zero-order valence-electron chi connectivity index (χ0n) is 14.5. The maximum absolute atomic E-state index is 12.2. The van der Waals surface area contributed by atoms with Crippen molar-refractivity contribution in [1.82, 2.24) is 4.90 Å². The number of esters is 1. The molecule has 142 valence electrons. The van der Waals surface area contributed by atoms with Crippen LogP contribution >= 0.6 is 23.2 Å². The van der Waals surface area contributed by atoms with Crippen LogP contribution in [0.5, 0.6) is 11.5 Å². The maximum atomic E-state index is 12.2. The van der Waals surface area contributed by atoms with Crippen molar-refractivity contribution in [3.63, 3.8) is 0 Å². The fourth-order valence-corrected chi connectivity index (χ4v) is 2.81. The van der Waals surface area contributed by atoms with E-state index in [-0.39, 0.29) is 12.5 Å². The first kappa shape index (κ1) is 19.3. The highest BCUT2D eigenvalue weighted by molar-refractivity contribution is 6.42. The van der Waals surface area contributed by atoms with Crippen LogP contribution in [0, 0.1) is 0 Å². The number of amides is 1. The second kappa shape index (κ2) is 8.50. The third kappa shape index (κ3) is 4.84. The number of nitrogens with zero attached hydrogens (tertiary/aromatic N) is 1. The quantitative estimate of drug-likeness (QED) is 0.706. The molecular weight excluding hydrogens is 393 g/mol. The van der Waals surface area contributed by atoms with E-state index in [1.807, 2.05) is 0 Å². The Bertz CT molecular complexity index is 871. The molecule has 0 N–H and O–H groups in total. The number of benzene rings is 2. The van der Waals surface area contributed by atoms with Gasteiger partial charge in [0.15, 0.2) is 18.1 Å². The van der Waals surface area contributed by atoms with Crippen LogP contribution in [0.2, 0.25) is 10.0 Å². The second-order valence-electron chi connectivity index (χ2n) is 5.93. The number of fused-ring (bicyclic) bond motifs is 1. The Labute approximate surface area is 166 Å². The van der Waals surface area contributed by atoms with E-state index in [1.54, 1.807) is 43.4 Å². The Morgan fingerprint density at radius 2 is 1.78 bits per heavy atom. The molecule has 8 heteroatoms. The van der Waals surface area contributed by atoms with Crippen molar-refractivity contribution in [2.45, 2.75) is 6.54 Å². The number of halogens is 2. The molecule has 1 aliphatic heterocycles. The van der Waals surface area contributed by atoms with Gasteiger partial charge in [-0.05, 0) is 35.9 Å². The monoisotopic (exact) mass is 409 g/mol. The smallest absolute Gasteiger partial charge is 0.338 e. The minimum Gasteiger partial charge on any atom is -0.486 e. The molecule has 1 amide bonds. The lowest BCUT2D eigenvalue weighted by Gasteiger charge is -2.19. The van der Waals surface area contributed by atoms with Gasteiger partial charge in [-0.1, -0.05) is 29.3 Å². The van der Waals surface area contributed by atoms with Crippen molar-refractivity contribution in [3.05, 3.63) is 57.6 Å². The first-order valence-electron chi connectivity index (χ1n) is 8.18. The number of likely N-dealkylation sites (N-methyl/N-ethyl adjacent to an activating group) is 1. The zero-order valence-corrected chi connectivity index (χ0v) is 16.0. The van der Waals surface area contributed by atoms with E-state index in [2.05, 4.69) is 0 Å². The topological polar surface area (TPSA) is 65.1 Å². The van der Waals surface area contributed by atoms with Gasteiger partial charge in [-0.25, -0.2) is 4.79 Å². The van der Waals surface area contributed by atoms with Crippen molar-refractivity contribution in [2.75, 3.05) is 26.9 Å². The molecule has 0 aliphatic carbocycles. The van der Waals surface area contributed by atoms with Gasteiger partial charge in [0.1, 0.15) is 13.2 Å². The lowest BCUT2D eigenvalue weighted by molar-refractivity contribution is -0.133. The Hall–Kier alpha value is -2.44. The zero-order chi connectivity index (χ0) is 19.4. The molecule has 27 heavy (non-hydrogen) atoms. The third-order valence-corrected chi connectivity index (χ3v) is 4.67. The largest absolute Gasteiger partial charge is 0.486 e.